The summed E-state index contributed by atoms with van der Waals surface area (Å²) >= 11 is 2.22. The average Bonchev–Trinajstić information content (AvgIpc) is 3.35. The molecule has 0 unspecified atom stereocenters. The largest absolute Gasteiger partial charge is 0.493 e. The molecule has 0 saturated carbocycles. The van der Waals surface area contributed by atoms with Crippen molar-refractivity contribution in [1.82, 2.24) is 0 Å². The van der Waals surface area contributed by atoms with E-state index in [9.17, 15) is 4.79 Å². The van der Waals surface area contributed by atoms with Crippen LogP contribution in [0.4, 0.5) is 0 Å². The van der Waals surface area contributed by atoms with Gasteiger partial charge in [-0.2, -0.15) is 0 Å². The number of esters is 1. The molecule has 0 spiro atoms. The summed E-state index contributed by atoms with van der Waals surface area (Å²) in [6.07, 6.45) is 1.25. The second-order valence-corrected chi connectivity index (χ2v) is 8.29. The van der Waals surface area contributed by atoms with Crippen molar-refractivity contribution in [3.63, 3.8) is 0 Å². The third-order valence-electron chi connectivity index (χ3n) is 5.53. The first-order valence-corrected chi connectivity index (χ1v) is 10.7. The molecule has 2 aliphatic rings. The summed E-state index contributed by atoms with van der Waals surface area (Å²) in [4.78, 5) is 12.6. The third-order valence-corrected chi connectivity index (χ3v) is 6.71. The molecule has 0 aliphatic carbocycles. The van der Waals surface area contributed by atoms with Crippen LogP contribution in [0, 0.1) is 15.4 Å². The minimum Gasteiger partial charge on any atom is -0.493 e. The van der Waals surface area contributed by atoms with E-state index in [1.54, 1.807) is 21.3 Å². The number of hydrogen-bond donors (Lipinski definition) is 0. The lowest BCUT2D eigenvalue weighted by Gasteiger charge is -2.20. The first-order valence-electron chi connectivity index (χ1n) is 9.58. The van der Waals surface area contributed by atoms with Crippen molar-refractivity contribution in [3.8, 4) is 28.7 Å². The van der Waals surface area contributed by atoms with E-state index in [1.807, 2.05) is 24.3 Å². The van der Waals surface area contributed by atoms with Gasteiger partial charge >= 0.3 is 5.97 Å². The Morgan fingerprint density at radius 1 is 0.967 bits per heavy atom. The van der Waals surface area contributed by atoms with E-state index in [0.717, 1.165) is 26.2 Å². The summed E-state index contributed by atoms with van der Waals surface area (Å²) in [5.41, 5.74) is 2.05. The highest BCUT2D eigenvalue weighted by atomic mass is 127. The highest BCUT2D eigenvalue weighted by molar-refractivity contribution is 14.1. The Kier molecular flexibility index (Phi) is 6.12. The summed E-state index contributed by atoms with van der Waals surface area (Å²) in [6.45, 7) is 0.644. The van der Waals surface area contributed by atoms with Crippen molar-refractivity contribution in [2.45, 2.75) is 12.8 Å². The molecule has 2 aromatic rings. The zero-order valence-electron chi connectivity index (χ0n) is 17.0. The van der Waals surface area contributed by atoms with Crippen molar-refractivity contribution < 1.29 is 33.2 Å². The lowest BCUT2D eigenvalue weighted by molar-refractivity contribution is -0.141. The lowest BCUT2D eigenvalue weighted by atomic mass is 9.85. The Bertz CT molecular complexity index is 959. The van der Waals surface area contributed by atoms with Gasteiger partial charge in [-0.1, -0.05) is 6.07 Å². The van der Waals surface area contributed by atoms with Crippen LogP contribution in [0.15, 0.2) is 24.3 Å². The van der Waals surface area contributed by atoms with E-state index in [4.69, 9.17) is 28.4 Å². The SMILES string of the molecule is COc1cc(C[C@H]2C(=O)OC[C@@H]2Cc2ccc3c(c2)OCO3)c(I)c(OC)c1OC. The van der Waals surface area contributed by atoms with Crippen LogP contribution in [0.3, 0.4) is 0 Å². The van der Waals surface area contributed by atoms with Crippen molar-refractivity contribution >= 4 is 28.6 Å². The van der Waals surface area contributed by atoms with Crippen LogP contribution in [0.2, 0.25) is 0 Å². The molecule has 2 heterocycles. The summed E-state index contributed by atoms with van der Waals surface area (Å²) in [7, 11) is 4.75. The fourth-order valence-corrected chi connectivity index (χ4v) is 4.82. The highest BCUT2D eigenvalue weighted by Gasteiger charge is 2.38. The molecule has 160 valence electrons. The van der Waals surface area contributed by atoms with Crippen LogP contribution in [0.1, 0.15) is 11.1 Å². The molecule has 0 aromatic heterocycles. The number of ether oxygens (including phenoxy) is 6. The number of hydrogen-bond acceptors (Lipinski definition) is 7. The Labute approximate surface area is 188 Å². The number of benzene rings is 2. The Balaban J connectivity index is 1.59. The van der Waals surface area contributed by atoms with E-state index in [2.05, 4.69) is 22.6 Å². The predicted molar refractivity (Wildman–Crippen MR) is 117 cm³/mol. The second kappa shape index (κ2) is 8.79. The fraction of sp³-hybridized carbons (Fsp3) is 0.409. The Morgan fingerprint density at radius 3 is 2.47 bits per heavy atom. The van der Waals surface area contributed by atoms with Gasteiger partial charge in [-0.3, -0.25) is 4.79 Å². The van der Waals surface area contributed by atoms with Gasteiger partial charge in [0, 0.05) is 5.92 Å². The van der Waals surface area contributed by atoms with E-state index >= 15 is 0 Å². The van der Waals surface area contributed by atoms with Crippen molar-refractivity contribution in [2.75, 3.05) is 34.7 Å². The van der Waals surface area contributed by atoms with Crippen LogP contribution >= 0.6 is 22.6 Å². The Hall–Kier alpha value is -2.36. The fourth-order valence-electron chi connectivity index (χ4n) is 3.98. The molecule has 2 aromatic carbocycles. The van der Waals surface area contributed by atoms with Crippen LogP contribution in [-0.4, -0.2) is 40.7 Å². The molecule has 2 atom stereocenters. The maximum absolute atomic E-state index is 12.6. The summed E-state index contributed by atoms with van der Waals surface area (Å²) in [6, 6.07) is 7.81. The number of carbonyl (C=O) groups is 1. The maximum Gasteiger partial charge on any atom is 0.309 e. The number of rotatable bonds is 7. The quantitative estimate of drug-likeness (QED) is 0.403. The van der Waals surface area contributed by atoms with Gasteiger partial charge in [0.1, 0.15) is 0 Å². The topological polar surface area (TPSA) is 72.5 Å². The van der Waals surface area contributed by atoms with Crippen molar-refractivity contribution in [2.24, 2.45) is 11.8 Å². The number of halogens is 1. The second-order valence-electron chi connectivity index (χ2n) is 7.21. The smallest absolute Gasteiger partial charge is 0.309 e. The average molecular weight is 526 g/mol. The molecule has 1 fully saturated rings. The normalized spacial score (nSPS) is 19.5. The van der Waals surface area contributed by atoms with E-state index in [-0.39, 0.29) is 24.6 Å². The van der Waals surface area contributed by atoms with Gasteiger partial charge in [-0.25, -0.2) is 0 Å². The standard InChI is InChI=1S/C22H23IO7/c1-25-18-9-13(19(23)21(27-3)20(18)26-2)8-15-14(10-28-22(15)24)6-12-4-5-16-17(7-12)30-11-29-16/h4-5,7,9,14-15H,6,8,10-11H2,1-3H3/t14-,15+/m0/s1. The van der Waals surface area contributed by atoms with Gasteiger partial charge in [0.25, 0.3) is 0 Å². The van der Waals surface area contributed by atoms with Crippen LogP contribution in [-0.2, 0) is 22.4 Å². The molecule has 0 bridgehead atoms. The van der Waals surface area contributed by atoms with Gasteiger partial charge in [0.15, 0.2) is 23.0 Å². The van der Waals surface area contributed by atoms with E-state index in [1.165, 1.54) is 0 Å². The monoisotopic (exact) mass is 526 g/mol. The maximum atomic E-state index is 12.6. The summed E-state index contributed by atoms with van der Waals surface area (Å²) in [5.74, 6) is 2.84. The van der Waals surface area contributed by atoms with Crippen LogP contribution < -0.4 is 23.7 Å². The minimum atomic E-state index is -0.258. The molecule has 4 rings (SSSR count). The summed E-state index contributed by atoms with van der Waals surface area (Å²) < 4.78 is 33.7. The number of cyclic esters (lactones) is 1. The zero-order chi connectivity index (χ0) is 21.3. The van der Waals surface area contributed by atoms with Gasteiger partial charge in [-0.15, -0.1) is 0 Å². The molecule has 0 N–H and O–H groups in total. The van der Waals surface area contributed by atoms with Crippen LogP contribution in [0.5, 0.6) is 28.7 Å². The zero-order valence-corrected chi connectivity index (χ0v) is 19.2. The molecule has 0 radical (unpaired) electrons. The van der Waals surface area contributed by atoms with Crippen LogP contribution in [0.25, 0.3) is 0 Å². The van der Waals surface area contributed by atoms with E-state index in [0.29, 0.717) is 36.7 Å². The Morgan fingerprint density at radius 2 is 1.73 bits per heavy atom. The lowest BCUT2D eigenvalue weighted by Crippen LogP contribution is -2.21. The molecule has 1 saturated heterocycles. The highest BCUT2D eigenvalue weighted by Crippen LogP contribution is 2.44. The molecule has 2 aliphatic heterocycles. The van der Waals surface area contributed by atoms with Gasteiger partial charge in [0.05, 0.1) is 37.4 Å². The van der Waals surface area contributed by atoms with Crippen molar-refractivity contribution in [3.05, 3.63) is 39.0 Å². The molecular formula is C22H23IO7. The minimum absolute atomic E-state index is 0.0627. The molecule has 30 heavy (non-hydrogen) atoms. The number of carbonyl (C=O) groups excluding carboxylic acids is 1. The predicted octanol–water partition coefficient (Wildman–Crippen LogP) is 3.62. The van der Waals surface area contributed by atoms with Gasteiger partial charge < -0.3 is 28.4 Å². The number of fused-ring (bicyclic) bond motifs is 1. The summed E-state index contributed by atoms with van der Waals surface area (Å²) in [5, 5.41) is 0. The van der Waals surface area contributed by atoms with Gasteiger partial charge in [0.2, 0.25) is 12.5 Å². The van der Waals surface area contributed by atoms with Crippen molar-refractivity contribution in [1.29, 1.82) is 0 Å². The molecular weight excluding hydrogens is 503 g/mol. The van der Waals surface area contributed by atoms with E-state index < -0.39 is 0 Å². The molecule has 0 amide bonds. The third kappa shape index (κ3) is 3.84. The molecule has 7 nitrogen and oxygen atoms in total. The number of methoxy groups -OCH3 is 3. The first-order chi connectivity index (χ1) is 14.5. The molecule has 8 heteroatoms. The first kappa shape index (κ1) is 20.9. The van der Waals surface area contributed by atoms with Gasteiger partial charge in [-0.05, 0) is 64.8 Å².